The maximum atomic E-state index is 13.8. The minimum Gasteiger partial charge on any atom is -0.486 e. The SMILES string of the molecule is Cc1noc(C)c1S(=O)(=O)Nc1cccc2c1O[C@@H](CN(C)Cc1ccc3c(c1)OCO3)[C@@H](C)CN([C@@H](C)CO)C2=O. The van der Waals surface area contributed by atoms with Gasteiger partial charge in [-0.3, -0.25) is 14.4 Å². The van der Waals surface area contributed by atoms with Crippen molar-refractivity contribution in [1.29, 1.82) is 0 Å². The summed E-state index contributed by atoms with van der Waals surface area (Å²) in [5.41, 5.74) is 1.56. The Labute approximate surface area is 245 Å². The molecule has 3 heterocycles. The van der Waals surface area contributed by atoms with E-state index in [1.165, 1.54) is 6.92 Å². The van der Waals surface area contributed by atoms with Crippen molar-refractivity contribution in [3.05, 3.63) is 59.0 Å². The number of benzene rings is 2. The predicted octanol–water partition coefficient (Wildman–Crippen LogP) is 3.17. The van der Waals surface area contributed by atoms with Gasteiger partial charge in [-0.05, 0) is 57.6 Å². The Hall–Kier alpha value is -3.81. The molecule has 226 valence electrons. The van der Waals surface area contributed by atoms with Crippen LogP contribution in [0.3, 0.4) is 0 Å². The van der Waals surface area contributed by atoms with Gasteiger partial charge in [0.15, 0.2) is 27.9 Å². The van der Waals surface area contributed by atoms with Gasteiger partial charge >= 0.3 is 0 Å². The number of para-hydroxylation sites is 1. The molecule has 0 fully saturated rings. The third kappa shape index (κ3) is 5.90. The van der Waals surface area contributed by atoms with Gasteiger partial charge in [0.05, 0.1) is 23.9 Å². The van der Waals surface area contributed by atoms with Gasteiger partial charge in [0.1, 0.15) is 11.8 Å². The first kappa shape index (κ1) is 29.7. The van der Waals surface area contributed by atoms with Gasteiger partial charge in [-0.25, -0.2) is 8.42 Å². The number of nitrogens with one attached hydrogen (secondary N) is 1. The van der Waals surface area contributed by atoms with Crippen LogP contribution in [-0.2, 0) is 16.6 Å². The molecule has 3 aromatic rings. The maximum Gasteiger partial charge on any atom is 0.267 e. The molecule has 1 amide bonds. The van der Waals surface area contributed by atoms with Crippen molar-refractivity contribution < 1.29 is 37.1 Å². The Morgan fingerprint density at radius 1 is 1.19 bits per heavy atom. The van der Waals surface area contributed by atoms with Crippen LogP contribution in [0.25, 0.3) is 0 Å². The highest BCUT2D eigenvalue weighted by molar-refractivity contribution is 7.92. The standard InChI is InChI=1S/C29H36N4O8S/c1-17-12-33(18(2)15-34)29(35)22-7-6-8-23(31-42(36,37)28-19(3)30-41-20(28)4)27(22)40-26(17)14-32(5)13-21-9-10-24-25(11-21)39-16-38-24/h6-11,17-18,26,31,34H,12-16H2,1-5H3/t17-,18-,26-/m0/s1. The highest BCUT2D eigenvalue weighted by Crippen LogP contribution is 2.37. The van der Waals surface area contributed by atoms with Crippen LogP contribution in [0.2, 0.25) is 0 Å². The van der Waals surface area contributed by atoms with Crippen LogP contribution in [-0.4, -0.2) is 80.1 Å². The first-order chi connectivity index (χ1) is 20.0. The van der Waals surface area contributed by atoms with Gasteiger partial charge < -0.3 is 28.7 Å². The van der Waals surface area contributed by atoms with Crippen molar-refractivity contribution >= 4 is 21.6 Å². The van der Waals surface area contributed by atoms with E-state index < -0.39 is 22.2 Å². The first-order valence-corrected chi connectivity index (χ1v) is 15.2. The van der Waals surface area contributed by atoms with Crippen molar-refractivity contribution in [2.45, 2.75) is 51.3 Å². The lowest BCUT2D eigenvalue weighted by atomic mass is 9.99. The van der Waals surface area contributed by atoms with E-state index in [0.717, 1.165) is 5.56 Å². The minimum absolute atomic E-state index is 0.0684. The van der Waals surface area contributed by atoms with E-state index in [9.17, 15) is 18.3 Å². The third-order valence-electron chi connectivity index (χ3n) is 7.55. The molecule has 0 saturated heterocycles. The smallest absolute Gasteiger partial charge is 0.267 e. The highest BCUT2D eigenvalue weighted by atomic mass is 32.2. The van der Waals surface area contributed by atoms with Gasteiger partial charge in [-0.15, -0.1) is 0 Å². The van der Waals surface area contributed by atoms with Crippen molar-refractivity contribution in [3.63, 3.8) is 0 Å². The number of sulfonamides is 1. The summed E-state index contributed by atoms with van der Waals surface area (Å²) >= 11 is 0. The fourth-order valence-corrected chi connectivity index (χ4v) is 6.71. The van der Waals surface area contributed by atoms with E-state index in [2.05, 4.69) is 14.8 Å². The molecule has 12 nitrogen and oxygen atoms in total. The second-order valence-electron chi connectivity index (χ2n) is 10.9. The largest absolute Gasteiger partial charge is 0.486 e. The number of aryl methyl sites for hydroxylation is 2. The van der Waals surface area contributed by atoms with E-state index in [1.807, 2.05) is 32.2 Å². The molecule has 2 N–H and O–H groups in total. The van der Waals surface area contributed by atoms with E-state index in [4.69, 9.17) is 18.7 Å². The third-order valence-corrected chi connectivity index (χ3v) is 9.16. The number of hydrogen-bond donors (Lipinski definition) is 2. The number of likely N-dealkylation sites (N-methyl/N-ethyl adjacent to an activating group) is 1. The molecule has 5 rings (SSSR count). The van der Waals surface area contributed by atoms with Crippen LogP contribution < -0.4 is 18.9 Å². The van der Waals surface area contributed by atoms with Crippen LogP contribution in [0.1, 0.15) is 41.2 Å². The van der Waals surface area contributed by atoms with Crippen LogP contribution in [0.15, 0.2) is 45.8 Å². The summed E-state index contributed by atoms with van der Waals surface area (Å²) in [4.78, 5) is 17.4. The second-order valence-corrected chi connectivity index (χ2v) is 12.6. The number of rotatable bonds is 9. The molecular weight excluding hydrogens is 564 g/mol. The van der Waals surface area contributed by atoms with Crippen LogP contribution >= 0.6 is 0 Å². The molecule has 0 bridgehead atoms. The van der Waals surface area contributed by atoms with E-state index in [0.29, 0.717) is 31.1 Å². The Kier molecular flexibility index (Phi) is 8.35. The lowest BCUT2D eigenvalue weighted by Gasteiger charge is -2.38. The Morgan fingerprint density at radius 3 is 2.67 bits per heavy atom. The minimum atomic E-state index is -4.12. The molecule has 0 spiro atoms. The number of aliphatic hydroxyl groups is 1. The summed E-state index contributed by atoms with van der Waals surface area (Å²) in [6.45, 7) is 8.20. The fraction of sp³-hybridized carbons (Fsp3) is 0.448. The molecular formula is C29H36N4O8S. The Bertz CT molecular complexity index is 1550. The number of carbonyl (C=O) groups excluding carboxylic acids is 1. The summed E-state index contributed by atoms with van der Waals surface area (Å²) in [5, 5.41) is 13.7. The number of aromatic nitrogens is 1. The normalized spacial score (nSPS) is 19.2. The molecule has 2 aromatic carbocycles. The first-order valence-electron chi connectivity index (χ1n) is 13.7. The highest BCUT2D eigenvalue weighted by Gasteiger charge is 2.35. The van der Waals surface area contributed by atoms with E-state index >= 15 is 0 Å². The van der Waals surface area contributed by atoms with E-state index in [-0.39, 0.29) is 58.6 Å². The van der Waals surface area contributed by atoms with Gasteiger partial charge in [0.2, 0.25) is 6.79 Å². The van der Waals surface area contributed by atoms with Crippen LogP contribution in [0, 0.1) is 19.8 Å². The lowest BCUT2D eigenvalue weighted by Crippen LogP contribution is -2.49. The number of nitrogens with zero attached hydrogens (tertiary/aromatic N) is 3. The molecule has 0 unspecified atom stereocenters. The average Bonchev–Trinajstić information content (AvgIpc) is 3.55. The number of fused-ring (bicyclic) bond motifs is 2. The number of amides is 1. The topological polar surface area (TPSA) is 144 Å². The van der Waals surface area contributed by atoms with Crippen molar-refractivity contribution in [2.24, 2.45) is 5.92 Å². The summed E-state index contributed by atoms with van der Waals surface area (Å²) in [6, 6.07) is 10.1. The van der Waals surface area contributed by atoms with Gasteiger partial charge in [0, 0.05) is 25.6 Å². The molecule has 3 atom stereocenters. The van der Waals surface area contributed by atoms with Crippen molar-refractivity contribution in [2.75, 3.05) is 38.3 Å². The number of ether oxygens (including phenoxy) is 3. The summed E-state index contributed by atoms with van der Waals surface area (Å²) in [7, 11) is -2.16. The van der Waals surface area contributed by atoms with Crippen LogP contribution in [0.5, 0.6) is 17.2 Å². The molecule has 0 saturated carbocycles. The molecule has 42 heavy (non-hydrogen) atoms. The number of aliphatic hydroxyl groups excluding tert-OH is 1. The molecule has 0 aliphatic carbocycles. The summed E-state index contributed by atoms with van der Waals surface area (Å²) < 4.78 is 52.0. The van der Waals surface area contributed by atoms with Gasteiger partial charge in [0.25, 0.3) is 15.9 Å². The second kappa shape index (κ2) is 11.8. The average molecular weight is 601 g/mol. The Morgan fingerprint density at radius 2 is 1.95 bits per heavy atom. The van der Waals surface area contributed by atoms with Gasteiger partial charge in [-0.1, -0.05) is 24.2 Å². The van der Waals surface area contributed by atoms with Crippen LogP contribution in [0.4, 0.5) is 5.69 Å². The van der Waals surface area contributed by atoms with Gasteiger partial charge in [-0.2, -0.15) is 0 Å². The van der Waals surface area contributed by atoms with Crippen molar-refractivity contribution in [3.8, 4) is 17.2 Å². The monoisotopic (exact) mass is 600 g/mol. The molecule has 2 aliphatic rings. The maximum absolute atomic E-state index is 13.8. The summed E-state index contributed by atoms with van der Waals surface area (Å²) in [5.74, 6) is 1.17. The molecule has 0 radical (unpaired) electrons. The zero-order valence-electron chi connectivity index (χ0n) is 24.3. The number of carbonyl (C=O) groups is 1. The van der Waals surface area contributed by atoms with Crippen molar-refractivity contribution in [1.82, 2.24) is 15.0 Å². The zero-order chi connectivity index (χ0) is 30.2. The lowest BCUT2D eigenvalue weighted by molar-refractivity contribution is 0.0344. The molecule has 2 aliphatic heterocycles. The quantitative estimate of drug-likeness (QED) is 0.376. The number of anilines is 1. The Balaban J connectivity index is 1.48. The zero-order valence-corrected chi connectivity index (χ0v) is 25.1. The molecule has 1 aromatic heterocycles. The fourth-order valence-electron chi connectivity index (χ4n) is 5.32. The predicted molar refractivity (Wildman–Crippen MR) is 153 cm³/mol. The summed E-state index contributed by atoms with van der Waals surface area (Å²) in [6.07, 6.45) is -0.436. The van der Waals surface area contributed by atoms with E-state index in [1.54, 1.807) is 36.9 Å². The number of hydrogen-bond acceptors (Lipinski definition) is 10. The molecule has 13 heteroatoms.